The van der Waals surface area contributed by atoms with Gasteiger partial charge in [-0.1, -0.05) is 18.2 Å². The van der Waals surface area contributed by atoms with Crippen LogP contribution in [0.4, 0.5) is 11.5 Å². The third-order valence-corrected chi connectivity index (χ3v) is 4.71. The molecule has 1 aliphatic rings. The summed E-state index contributed by atoms with van der Waals surface area (Å²) in [6, 6.07) is 11.9. The summed E-state index contributed by atoms with van der Waals surface area (Å²) < 4.78 is 0. The first-order valence-corrected chi connectivity index (χ1v) is 8.90. The summed E-state index contributed by atoms with van der Waals surface area (Å²) in [5.41, 5.74) is 1.69. The average Bonchev–Trinajstić information content (AvgIpc) is 3.14. The summed E-state index contributed by atoms with van der Waals surface area (Å²) in [7, 11) is 0. The summed E-state index contributed by atoms with van der Waals surface area (Å²) in [6.45, 7) is 2.21. The molecule has 1 fully saturated rings. The molecule has 0 radical (unpaired) electrons. The first-order chi connectivity index (χ1) is 12.8. The van der Waals surface area contributed by atoms with E-state index in [0.29, 0.717) is 12.6 Å². The molecule has 0 saturated carbocycles. The first kappa shape index (κ1) is 16.5. The summed E-state index contributed by atoms with van der Waals surface area (Å²) in [6.07, 6.45) is 5.41. The Morgan fingerprint density at radius 3 is 2.77 bits per heavy atom. The van der Waals surface area contributed by atoms with Crippen LogP contribution in [0.15, 0.2) is 48.9 Å². The highest BCUT2D eigenvalue weighted by Gasteiger charge is 2.21. The van der Waals surface area contributed by atoms with Gasteiger partial charge in [-0.25, -0.2) is 9.97 Å². The molecule has 1 saturated heterocycles. The van der Waals surface area contributed by atoms with Gasteiger partial charge in [-0.15, -0.1) is 0 Å². The molecule has 0 spiro atoms. The van der Waals surface area contributed by atoms with Gasteiger partial charge >= 0.3 is 0 Å². The highest BCUT2D eigenvalue weighted by atomic mass is 16.2. The second kappa shape index (κ2) is 7.53. The number of nitrogens with zero attached hydrogens (tertiary/aromatic N) is 3. The molecule has 1 aromatic carbocycles. The highest BCUT2D eigenvalue weighted by molar-refractivity contribution is 5.92. The number of hydrogen-bond donors (Lipinski definition) is 3. The van der Waals surface area contributed by atoms with E-state index in [1.54, 1.807) is 6.33 Å². The lowest BCUT2D eigenvalue weighted by Crippen LogP contribution is -2.42. The molecule has 1 amide bonds. The van der Waals surface area contributed by atoms with E-state index in [2.05, 4.69) is 30.5 Å². The van der Waals surface area contributed by atoms with Crippen LogP contribution in [-0.2, 0) is 4.79 Å². The number of carbonyl (C=O) groups is 1. The van der Waals surface area contributed by atoms with Gasteiger partial charge in [-0.3, -0.25) is 9.69 Å². The zero-order chi connectivity index (χ0) is 17.8. The van der Waals surface area contributed by atoms with E-state index in [1.807, 2.05) is 42.6 Å². The molecule has 1 aliphatic heterocycles. The maximum Gasteiger partial charge on any atom is 0.238 e. The molecule has 4 rings (SSSR count). The number of rotatable bonds is 5. The minimum atomic E-state index is 0.0347. The number of aromatic nitrogens is 3. The van der Waals surface area contributed by atoms with E-state index in [0.717, 1.165) is 48.5 Å². The first-order valence-electron chi connectivity index (χ1n) is 8.90. The van der Waals surface area contributed by atoms with Crippen LogP contribution in [0, 0.1) is 0 Å². The van der Waals surface area contributed by atoms with Gasteiger partial charge in [0.15, 0.2) is 0 Å². The Kier molecular flexibility index (Phi) is 4.79. The largest absolute Gasteiger partial charge is 0.367 e. The molecule has 7 heteroatoms. The molecule has 26 heavy (non-hydrogen) atoms. The molecule has 0 bridgehead atoms. The number of carbonyl (C=O) groups excluding carboxylic acids is 1. The zero-order valence-electron chi connectivity index (χ0n) is 14.5. The van der Waals surface area contributed by atoms with Crippen LogP contribution in [0.25, 0.3) is 11.0 Å². The minimum absolute atomic E-state index is 0.0347. The third kappa shape index (κ3) is 3.83. The van der Waals surface area contributed by atoms with Crippen LogP contribution in [0.1, 0.15) is 12.8 Å². The number of amides is 1. The van der Waals surface area contributed by atoms with E-state index in [1.165, 1.54) is 0 Å². The van der Waals surface area contributed by atoms with Gasteiger partial charge in [-0.2, -0.15) is 0 Å². The van der Waals surface area contributed by atoms with Crippen molar-refractivity contribution in [2.75, 3.05) is 30.3 Å². The quantitative estimate of drug-likeness (QED) is 0.658. The fraction of sp³-hybridized carbons (Fsp3) is 0.316. The number of anilines is 2. The number of aromatic amines is 1. The predicted octanol–water partition coefficient (Wildman–Crippen LogP) is 2.47. The molecule has 3 aromatic rings. The SMILES string of the molecule is O=C(CN1CCC(Nc2ncnc3[nH]ccc23)CC1)Nc1ccccc1. The molecule has 2 aromatic heterocycles. The van der Waals surface area contributed by atoms with Gasteiger partial charge in [0.05, 0.1) is 11.9 Å². The Balaban J connectivity index is 1.27. The second-order valence-electron chi connectivity index (χ2n) is 6.57. The minimum Gasteiger partial charge on any atom is -0.367 e. The smallest absolute Gasteiger partial charge is 0.238 e. The number of piperidine rings is 1. The molecule has 0 atom stereocenters. The number of para-hydroxylation sites is 1. The fourth-order valence-corrected chi connectivity index (χ4v) is 3.34. The number of hydrogen-bond acceptors (Lipinski definition) is 5. The summed E-state index contributed by atoms with van der Waals surface area (Å²) in [4.78, 5) is 26.1. The van der Waals surface area contributed by atoms with E-state index in [-0.39, 0.29) is 5.91 Å². The van der Waals surface area contributed by atoms with Crippen LogP contribution in [0.2, 0.25) is 0 Å². The standard InChI is InChI=1S/C19H22N6O/c26-17(23-14-4-2-1-3-5-14)12-25-10-7-15(8-11-25)24-19-16-6-9-20-18(16)21-13-22-19/h1-6,9,13,15H,7-8,10-12H2,(H,23,26)(H2,20,21,22,24). The Hall–Kier alpha value is -2.93. The Bertz CT molecular complexity index is 870. The van der Waals surface area contributed by atoms with Crippen molar-refractivity contribution in [3.05, 3.63) is 48.9 Å². The van der Waals surface area contributed by atoms with Gasteiger partial charge in [0, 0.05) is 31.0 Å². The molecular weight excluding hydrogens is 328 g/mol. The lowest BCUT2D eigenvalue weighted by molar-refractivity contribution is -0.117. The second-order valence-corrected chi connectivity index (χ2v) is 6.57. The van der Waals surface area contributed by atoms with Crippen molar-refractivity contribution in [3.63, 3.8) is 0 Å². The van der Waals surface area contributed by atoms with Crippen molar-refractivity contribution in [2.45, 2.75) is 18.9 Å². The summed E-state index contributed by atoms with van der Waals surface area (Å²) in [5.74, 6) is 0.906. The lowest BCUT2D eigenvalue weighted by Gasteiger charge is -2.32. The number of fused-ring (bicyclic) bond motifs is 1. The molecule has 3 heterocycles. The Labute approximate surface area is 151 Å². The summed E-state index contributed by atoms with van der Waals surface area (Å²) >= 11 is 0. The Morgan fingerprint density at radius 1 is 1.15 bits per heavy atom. The van der Waals surface area contributed by atoms with Crippen molar-refractivity contribution < 1.29 is 4.79 Å². The molecule has 3 N–H and O–H groups in total. The maximum atomic E-state index is 12.2. The topological polar surface area (TPSA) is 85.9 Å². The van der Waals surface area contributed by atoms with Crippen LogP contribution < -0.4 is 10.6 Å². The lowest BCUT2D eigenvalue weighted by atomic mass is 10.0. The van der Waals surface area contributed by atoms with E-state index < -0.39 is 0 Å². The van der Waals surface area contributed by atoms with Crippen LogP contribution >= 0.6 is 0 Å². The van der Waals surface area contributed by atoms with Crippen LogP contribution in [0.5, 0.6) is 0 Å². The van der Waals surface area contributed by atoms with Gasteiger partial charge in [0.2, 0.25) is 5.91 Å². The van der Waals surface area contributed by atoms with E-state index >= 15 is 0 Å². The molecule has 134 valence electrons. The van der Waals surface area contributed by atoms with Crippen LogP contribution in [-0.4, -0.2) is 51.4 Å². The van der Waals surface area contributed by atoms with Crippen LogP contribution in [0.3, 0.4) is 0 Å². The van der Waals surface area contributed by atoms with E-state index in [4.69, 9.17) is 0 Å². The third-order valence-electron chi connectivity index (χ3n) is 4.71. The van der Waals surface area contributed by atoms with Crippen molar-refractivity contribution in [1.82, 2.24) is 19.9 Å². The molecular formula is C19H22N6O. The number of nitrogens with one attached hydrogen (secondary N) is 3. The maximum absolute atomic E-state index is 12.2. The van der Waals surface area contributed by atoms with Gasteiger partial charge in [0.25, 0.3) is 0 Å². The van der Waals surface area contributed by atoms with Crippen molar-refractivity contribution >= 4 is 28.4 Å². The summed E-state index contributed by atoms with van der Waals surface area (Å²) in [5, 5.41) is 7.48. The average molecular weight is 350 g/mol. The van der Waals surface area contributed by atoms with Crippen molar-refractivity contribution in [2.24, 2.45) is 0 Å². The monoisotopic (exact) mass is 350 g/mol. The molecule has 7 nitrogen and oxygen atoms in total. The Morgan fingerprint density at radius 2 is 1.96 bits per heavy atom. The van der Waals surface area contributed by atoms with Crippen molar-refractivity contribution in [1.29, 1.82) is 0 Å². The zero-order valence-corrected chi connectivity index (χ0v) is 14.5. The van der Waals surface area contributed by atoms with Gasteiger partial charge in [-0.05, 0) is 31.0 Å². The van der Waals surface area contributed by atoms with E-state index in [9.17, 15) is 4.79 Å². The van der Waals surface area contributed by atoms with Gasteiger partial charge < -0.3 is 15.6 Å². The molecule has 0 unspecified atom stereocenters. The van der Waals surface area contributed by atoms with Gasteiger partial charge in [0.1, 0.15) is 17.8 Å². The molecule has 0 aliphatic carbocycles. The van der Waals surface area contributed by atoms with Crippen molar-refractivity contribution in [3.8, 4) is 0 Å². The number of likely N-dealkylation sites (tertiary alicyclic amines) is 1. The number of H-pyrrole nitrogens is 1. The fourth-order valence-electron chi connectivity index (χ4n) is 3.34. The predicted molar refractivity (Wildman–Crippen MR) is 102 cm³/mol. The normalized spacial score (nSPS) is 15.8. The number of benzene rings is 1. The highest BCUT2D eigenvalue weighted by Crippen LogP contribution is 2.21.